The van der Waals surface area contributed by atoms with Crippen LogP contribution in [0.5, 0.6) is 0 Å². The molecular weight excluding hydrogens is 480 g/mol. The molecule has 4 aromatic carbocycles. The lowest BCUT2D eigenvalue weighted by Gasteiger charge is -2.26. The van der Waals surface area contributed by atoms with Crippen LogP contribution in [0.4, 0.5) is 4.79 Å². The number of hydrogen-bond donors (Lipinski definition) is 2. The first-order valence-corrected chi connectivity index (χ1v) is 13.4. The summed E-state index contributed by atoms with van der Waals surface area (Å²) in [6.07, 6.45) is 1.81. The molecule has 39 heavy (non-hydrogen) atoms. The van der Waals surface area contributed by atoms with E-state index < -0.39 is 0 Å². The average Bonchev–Trinajstić information content (AvgIpc) is 2.98. The fourth-order valence-corrected chi connectivity index (χ4v) is 4.81. The zero-order valence-corrected chi connectivity index (χ0v) is 22.3. The van der Waals surface area contributed by atoms with E-state index >= 15 is 0 Å². The molecule has 0 saturated heterocycles. The Morgan fingerprint density at radius 3 is 2.15 bits per heavy atom. The van der Waals surface area contributed by atoms with Gasteiger partial charge in [0.15, 0.2) is 0 Å². The molecule has 1 unspecified atom stereocenters. The average molecular weight is 515 g/mol. The van der Waals surface area contributed by atoms with E-state index in [4.69, 9.17) is 0 Å². The van der Waals surface area contributed by atoms with E-state index in [1.165, 1.54) is 10.9 Å². The number of aromatic nitrogens is 1. The van der Waals surface area contributed by atoms with E-state index in [1.54, 1.807) is 0 Å². The lowest BCUT2D eigenvalue weighted by Crippen LogP contribution is -2.40. The summed E-state index contributed by atoms with van der Waals surface area (Å²) in [6.45, 7) is 4.58. The Balaban J connectivity index is 1.26. The van der Waals surface area contributed by atoms with Gasteiger partial charge in [-0.3, -0.25) is 4.98 Å². The Bertz CT molecular complexity index is 1480. The number of carbonyl (C=O) groups is 1. The number of hydrogen-bond acceptors (Lipinski definition) is 3. The molecule has 1 aromatic heterocycles. The van der Waals surface area contributed by atoms with Crippen LogP contribution < -0.4 is 10.6 Å². The molecule has 2 N–H and O–H groups in total. The topological polar surface area (TPSA) is 57.3 Å². The number of pyridine rings is 1. The van der Waals surface area contributed by atoms with Crippen molar-refractivity contribution in [2.24, 2.45) is 0 Å². The van der Waals surface area contributed by atoms with Gasteiger partial charge in [0, 0.05) is 32.4 Å². The fraction of sp³-hybridized carbons (Fsp3) is 0.176. The smallest absolute Gasteiger partial charge is 0.318 e. The standard InChI is InChI=1S/C34H34N4O/c1-26(32-16-9-13-30-12-5-6-15-33(30)32)37-34(39)38(24-28-10-3-2-4-11-28)25-29-19-17-27(18-20-29)22-35-23-31-14-7-8-21-36-31/h2-21,26,35H,22-25H2,1H3,(H,37,39). The third kappa shape index (κ3) is 7.09. The molecule has 5 nitrogen and oxygen atoms in total. The molecule has 0 fully saturated rings. The first-order valence-electron chi connectivity index (χ1n) is 13.4. The van der Waals surface area contributed by atoms with Crippen molar-refractivity contribution in [2.75, 3.05) is 0 Å². The molecule has 0 radical (unpaired) electrons. The molecule has 1 heterocycles. The number of benzene rings is 4. The van der Waals surface area contributed by atoms with Crippen LogP contribution in [0.2, 0.25) is 0 Å². The van der Waals surface area contributed by atoms with Gasteiger partial charge in [-0.1, -0.05) is 103 Å². The van der Waals surface area contributed by atoms with Crippen LogP contribution in [0.1, 0.15) is 40.9 Å². The molecule has 5 rings (SSSR count). The molecule has 196 valence electrons. The van der Waals surface area contributed by atoms with E-state index in [0.29, 0.717) is 13.1 Å². The van der Waals surface area contributed by atoms with E-state index in [2.05, 4.69) is 82.3 Å². The van der Waals surface area contributed by atoms with Crippen LogP contribution in [0.25, 0.3) is 10.8 Å². The molecule has 0 aliphatic heterocycles. The van der Waals surface area contributed by atoms with Crippen molar-refractivity contribution < 1.29 is 4.79 Å². The quantitative estimate of drug-likeness (QED) is 0.211. The number of urea groups is 1. The van der Waals surface area contributed by atoms with E-state index in [9.17, 15) is 4.79 Å². The van der Waals surface area contributed by atoms with E-state index in [0.717, 1.165) is 40.9 Å². The van der Waals surface area contributed by atoms with Gasteiger partial charge in [-0.25, -0.2) is 4.79 Å². The minimum absolute atomic E-state index is 0.0830. The van der Waals surface area contributed by atoms with Crippen molar-refractivity contribution in [2.45, 2.75) is 39.1 Å². The maximum Gasteiger partial charge on any atom is 0.318 e. The van der Waals surface area contributed by atoms with Crippen molar-refractivity contribution >= 4 is 16.8 Å². The second-order valence-electron chi connectivity index (χ2n) is 9.82. The zero-order valence-electron chi connectivity index (χ0n) is 22.3. The summed E-state index contributed by atoms with van der Waals surface area (Å²) in [6, 6.07) is 38.9. The SMILES string of the molecule is CC(NC(=O)N(Cc1ccccc1)Cc1ccc(CNCc2ccccn2)cc1)c1cccc2ccccc12. The van der Waals surface area contributed by atoms with Crippen LogP contribution in [-0.2, 0) is 26.2 Å². The highest BCUT2D eigenvalue weighted by atomic mass is 16.2. The molecule has 5 heteroatoms. The van der Waals surface area contributed by atoms with E-state index in [1.807, 2.05) is 66.6 Å². The zero-order chi connectivity index (χ0) is 26.9. The van der Waals surface area contributed by atoms with Crippen molar-refractivity contribution in [1.82, 2.24) is 20.5 Å². The monoisotopic (exact) mass is 514 g/mol. The van der Waals surface area contributed by atoms with Crippen LogP contribution in [0, 0.1) is 0 Å². The van der Waals surface area contributed by atoms with Crippen LogP contribution >= 0.6 is 0 Å². The van der Waals surface area contributed by atoms with Gasteiger partial charge in [0.1, 0.15) is 0 Å². The van der Waals surface area contributed by atoms with Gasteiger partial charge in [-0.05, 0) is 52.1 Å². The lowest BCUT2D eigenvalue weighted by molar-refractivity contribution is 0.189. The summed E-state index contributed by atoms with van der Waals surface area (Å²) < 4.78 is 0. The molecule has 0 saturated carbocycles. The summed E-state index contributed by atoms with van der Waals surface area (Å²) >= 11 is 0. The molecule has 0 bridgehead atoms. The summed E-state index contributed by atoms with van der Waals surface area (Å²) in [7, 11) is 0. The van der Waals surface area contributed by atoms with E-state index in [-0.39, 0.29) is 12.1 Å². The highest BCUT2D eigenvalue weighted by Crippen LogP contribution is 2.24. The minimum atomic E-state index is -0.130. The number of rotatable bonds is 10. The maximum absolute atomic E-state index is 13.6. The molecule has 0 aliphatic carbocycles. The van der Waals surface area contributed by atoms with Crippen molar-refractivity contribution in [3.05, 3.63) is 149 Å². The molecule has 5 aromatic rings. The first kappa shape index (κ1) is 26.1. The number of nitrogens with zero attached hydrogens (tertiary/aromatic N) is 2. The Morgan fingerprint density at radius 1 is 0.718 bits per heavy atom. The molecule has 0 spiro atoms. The third-order valence-corrected chi connectivity index (χ3v) is 6.89. The van der Waals surface area contributed by atoms with Gasteiger partial charge in [0.2, 0.25) is 0 Å². The second-order valence-corrected chi connectivity index (χ2v) is 9.82. The highest BCUT2D eigenvalue weighted by molar-refractivity contribution is 5.86. The maximum atomic E-state index is 13.6. The van der Waals surface area contributed by atoms with Crippen LogP contribution in [-0.4, -0.2) is 15.9 Å². The number of carbonyl (C=O) groups excluding carboxylic acids is 1. The van der Waals surface area contributed by atoms with Crippen LogP contribution in [0.15, 0.2) is 121 Å². The fourth-order valence-electron chi connectivity index (χ4n) is 4.81. The van der Waals surface area contributed by atoms with Crippen molar-refractivity contribution in [3.8, 4) is 0 Å². The number of nitrogens with one attached hydrogen (secondary N) is 2. The summed E-state index contributed by atoms with van der Waals surface area (Å²) in [5.41, 5.74) is 5.52. The van der Waals surface area contributed by atoms with Gasteiger partial charge >= 0.3 is 6.03 Å². The second kappa shape index (κ2) is 12.9. The molecule has 1 atom stereocenters. The van der Waals surface area contributed by atoms with Gasteiger partial charge in [0.25, 0.3) is 0 Å². The third-order valence-electron chi connectivity index (χ3n) is 6.89. The number of amides is 2. The van der Waals surface area contributed by atoms with Crippen molar-refractivity contribution in [1.29, 1.82) is 0 Å². The largest absolute Gasteiger partial charge is 0.331 e. The normalized spacial score (nSPS) is 11.7. The van der Waals surface area contributed by atoms with Gasteiger partial charge in [-0.15, -0.1) is 0 Å². The Kier molecular flexibility index (Phi) is 8.61. The Morgan fingerprint density at radius 2 is 1.38 bits per heavy atom. The predicted molar refractivity (Wildman–Crippen MR) is 158 cm³/mol. The molecular formula is C34H34N4O. The lowest BCUT2D eigenvalue weighted by atomic mass is 10.00. The molecule has 2 amide bonds. The highest BCUT2D eigenvalue weighted by Gasteiger charge is 2.19. The minimum Gasteiger partial charge on any atom is -0.331 e. The van der Waals surface area contributed by atoms with Crippen LogP contribution in [0.3, 0.4) is 0 Å². The number of fused-ring (bicyclic) bond motifs is 1. The van der Waals surface area contributed by atoms with Crippen molar-refractivity contribution in [3.63, 3.8) is 0 Å². The van der Waals surface area contributed by atoms with Gasteiger partial charge in [-0.2, -0.15) is 0 Å². The Hall–Kier alpha value is -4.48. The summed E-state index contributed by atoms with van der Waals surface area (Å²) in [5, 5.41) is 9.03. The predicted octanol–water partition coefficient (Wildman–Crippen LogP) is 7.00. The van der Waals surface area contributed by atoms with Gasteiger partial charge < -0.3 is 15.5 Å². The van der Waals surface area contributed by atoms with Gasteiger partial charge in [0.05, 0.1) is 11.7 Å². The first-order chi connectivity index (χ1) is 19.2. The molecule has 0 aliphatic rings. The summed E-state index contributed by atoms with van der Waals surface area (Å²) in [4.78, 5) is 19.9. The Labute approximate surface area is 230 Å². The summed E-state index contributed by atoms with van der Waals surface area (Å²) in [5.74, 6) is 0.